The number of hydrogen-bond donors (Lipinski definition) is 1. The standard InChI is InChI=1S/C23H29N3O5S/c1-30-22-10-3-2-9-21(22)25-11-13-26(14-12-25)23(27)18-6-4-8-20(16-18)32(28,29)24-17-19-7-5-15-31-19/h2-4,6,8-10,16,19,24H,5,7,11-15,17H2,1H3. The number of amides is 1. The molecule has 2 heterocycles. The average molecular weight is 460 g/mol. The minimum absolute atomic E-state index is 0.0888. The van der Waals surface area contributed by atoms with E-state index in [0.717, 1.165) is 24.3 Å². The van der Waals surface area contributed by atoms with Crippen molar-refractivity contribution in [2.45, 2.75) is 23.8 Å². The molecule has 2 aliphatic heterocycles. The Morgan fingerprint density at radius 3 is 2.62 bits per heavy atom. The maximum absolute atomic E-state index is 13.1. The number of methoxy groups -OCH3 is 1. The summed E-state index contributed by atoms with van der Waals surface area (Å²) < 4.78 is 38.9. The van der Waals surface area contributed by atoms with Gasteiger partial charge in [0, 0.05) is 44.9 Å². The Kier molecular flexibility index (Phi) is 6.98. The summed E-state index contributed by atoms with van der Waals surface area (Å²) in [6.45, 7) is 3.35. The number of piperazine rings is 1. The summed E-state index contributed by atoms with van der Waals surface area (Å²) in [7, 11) is -2.06. The van der Waals surface area contributed by atoms with Gasteiger partial charge in [0.05, 0.1) is 23.8 Å². The molecule has 2 aliphatic rings. The molecule has 2 saturated heterocycles. The third kappa shape index (κ3) is 5.06. The maximum Gasteiger partial charge on any atom is 0.254 e. The number of carbonyl (C=O) groups excluding carboxylic acids is 1. The van der Waals surface area contributed by atoms with Crippen LogP contribution in [0.3, 0.4) is 0 Å². The molecular formula is C23H29N3O5S. The second-order valence-corrected chi connectivity index (χ2v) is 9.73. The van der Waals surface area contributed by atoms with Gasteiger partial charge in [-0.25, -0.2) is 13.1 Å². The molecule has 32 heavy (non-hydrogen) atoms. The van der Waals surface area contributed by atoms with Crippen LogP contribution in [0, 0.1) is 0 Å². The monoisotopic (exact) mass is 459 g/mol. The number of hydrogen-bond acceptors (Lipinski definition) is 6. The van der Waals surface area contributed by atoms with Crippen molar-refractivity contribution in [1.29, 1.82) is 0 Å². The predicted octanol–water partition coefficient (Wildman–Crippen LogP) is 2.11. The fourth-order valence-corrected chi connectivity index (χ4v) is 5.22. The van der Waals surface area contributed by atoms with Crippen LogP contribution in [-0.4, -0.2) is 71.8 Å². The van der Waals surface area contributed by atoms with Crippen molar-refractivity contribution < 1.29 is 22.7 Å². The van der Waals surface area contributed by atoms with Gasteiger partial charge in [0.15, 0.2) is 0 Å². The first-order valence-electron chi connectivity index (χ1n) is 10.9. The van der Waals surface area contributed by atoms with Crippen LogP contribution in [0.15, 0.2) is 53.4 Å². The van der Waals surface area contributed by atoms with Crippen molar-refractivity contribution >= 4 is 21.6 Å². The number of sulfonamides is 1. The highest BCUT2D eigenvalue weighted by Crippen LogP contribution is 2.28. The van der Waals surface area contributed by atoms with Gasteiger partial charge in [-0.1, -0.05) is 18.2 Å². The lowest BCUT2D eigenvalue weighted by Crippen LogP contribution is -2.48. The SMILES string of the molecule is COc1ccccc1N1CCN(C(=O)c2cccc(S(=O)(=O)NCC3CCCO3)c2)CC1. The molecule has 172 valence electrons. The second kappa shape index (κ2) is 9.89. The van der Waals surface area contributed by atoms with Crippen LogP contribution >= 0.6 is 0 Å². The first kappa shape index (κ1) is 22.6. The van der Waals surface area contributed by atoms with E-state index >= 15 is 0 Å². The molecule has 0 spiro atoms. The van der Waals surface area contributed by atoms with Crippen LogP contribution in [0.25, 0.3) is 0 Å². The molecule has 1 atom stereocenters. The molecule has 0 radical (unpaired) electrons. The third-order valence-electron chi connectivity index (χ3n) is 5.91. The Hall–Kier alpha value is -2.62. The predicted molar refractivity (Wildman–Crippen MR) is 122 cm³/mol. The fraction of sp³-hybridized carbons (Fsp3) is 0.435. The Labute approximate surface area is 189 Å². The largest absolute Gasteiger partial charge is 0.495 e. The summed E-state index contributed by atoms with van der Waals surface area (Å²) in [5, 5.41) is 0. The van der Waals surface area contributed by atoms with E-state index in [1.807, 2.05) is 24.3 Å². The number of benzene rings is 2. The molecule has 9 heteroatoms. The van der Waals surface area contributed by atoms with Crippen LogP contribution in [0.5, 0.6) is 5.75 Å². The topological polar surface area (TPSA) is 88.2 Å². The molecule has 4 rings (SSSR count). The van der Waals surface area contributed by atoms with Crippen molar-refractivity contribution in [3.05, 3.63) is 54.1 Å². The molecular weight excluding hydrogens is 430 g/mol. The number of ether oxygens (including phenoxy) is 2. The summed E-state index contributed by atoms with van der Waals surface area (Å²) in [5.41, 5.74) is 1.38. The van der Waals surface area contributed by atoms with Gasteiger partial charge >= 0.3 is 0 Å². The van der Waals surface area contributed by atoms with E-state index < -0.39 is 10.0 Å². The second-order valence-electron chi connectivity index (χ2n) is 7.97. The van der Waals surface area contributed by atoms with E-state index in [2.05, 4.69) is 9.62 Å². The van der Waals surface area contributed by atoms with Crippen LogP contribution in [0.1, 0.15) is 23.2 Å². The number of anilines is 1. The van der Waals surface area contributed by atoms with Gasteiger partial charge in [0.2, 0.25) is 10.0 Å². The average Bonchev–Trinajstić information content (AvgIpc) is 3.36. The van der Waals surface area contributed by atoms with E-state index in [9.17, 15) is 13.2 Å². The molecule has 0 aromatic heterocycles. The van der Waals surface area contributed by atoms with E-state index in [1.54, 1.807) is 24.1 Å². The van der Waals surface area contributed by atoms with Crippen molar-refractivity contribution in [1.82, 2.24) is 9.62 Å². The molecule has 0 saturated carbocycles. The summed E-state index contributed by atoms with van der Waals surface area (Å²) in [6.07, 6.45) is 1.71. The van der Waals surface area contributed by atoms with Crippen LogP contribution in [0.4, 0.5) is 5.69 Å². The molecule has 2 aromatic carbocycles. The molecule has 8 nitrogen and oxygen atoms in total. The van der Waals surface area contributed by atoms with Crippen LogP contribution in [0.2, 0.25) is 0 Å². The number of para-hydroxylation sites is 2. The molecule has 1 amide bonds. The highest BCUT2D eigenvalue weighted by molar-refractivity contribution is 7.89. The van der Waals surface area contributed by atoms with E-state index in [4.69, 9.17) is 9.47 Å². The lowest BCUT2D eigenvalue weighted by atomic mass is 10.1. The Balaban J connectivity index is 1.40. The minimum atomic E-state index is -3.71. The molecule has 2 fully saturated rings. The lowest BCUT2D eigenvalue weighted by molar-refractivity contribution is 0.0746. The maximum atomic E-state index is 13.1. The number of nitrogens with one attached hydrogen (secondary N) is 1. The summed E-state index contributed by atoms with van der Waals surface area (Å²) >= 11 is 0. The quantitative estimate of drug-likeness (QED) is 0.682. The fourth-order valence-electron chi connectivity index (χ4n) is 4.11. The summed E-state index contributed by atoms with van der Waals surface area (Å²) in [5.74, 6) is 0.640. The number of carbonyl (C=O) groups is 1. The molecule has 2 aromatic rings. The zero-order chi connectivity index (χ0) is 22.6. The normalized spacial score (nSPS) is 19.2. The third-order valence-corrected chi connectivity index (χ3v) is 7.33. The van der Waals surface area contributed by atoms with Gasteiger partial charge in [-0.2, -0.15) is 0 Å². The van der Waals surface area contributed by atoms with Gasteiger partial charge in [-0.15, -0.1) is 0 Å². The van der Waals surface area contributed by atoms with Crippen molar-refractivity contribution in [2.24, 2.45) is 0 Å². The molecule has 1 unspecified atom stereocenters. The summed E-state index contributed by atoms with van der Waals surface area (Å²) in [4.78, 5) is 17.1. The van der Waals surface area contributed by atoms with Gasteiger partial charge in [0.25, 0.3) is 5.91 Å². The first-order chi connectivity index (χ1) is 15.5. The Morgan fingerprint density at radius 2 is 1.91 bits per heavy atom. The van der Waals surface area contributed by atoms with Crippen molar-refractivity contribution in [3.8, 4) is 5.75 Å². The summed E-state index contributed by atoms with van der Waals surface area (Å²) in [6, 6.07) is 14.1. The van der Waals surface area contributed by atoms with E-state index in [1.165, 1.54) is 12.1 Å². The zero-order valence-corrected chi connectivity index (χ0v) is 19.0. The lowest BCUT2D eigenvalue weighted by Gasteiger charge is -2.36. The van der Waals surface area contributed by atoms with Crippen molar-refractivity contribution in [2.75, 3.05) is 51.3 Å². The molecule has 0 bridgehead atoms. The Bertz CT molecular complexity index is 1050. The Morgan fingerprint density at radius 1 is 1.12 bits per heavy atom. The van der Waals surface area contributed by atoms with Gasteiger partial charge in [-0.05, 0) is 43.2 Å². The van der Waals surface area contributed by atoms with Crippen molar-refractivity contribution in [3.63, 3.8) is 0 Å². The molecule has 1 N–H and O–H groups in total. The highest BCUT2D eigenvalue weighted by Gasteiger charge is 2.25. The smallest absolute Gasteiger partial charge is 0.254 e. The first-order valence-corrected chi connectivity index (χ1v) is 12.3. The van der Waals surface area contributed by atoms with E-state index in [0.29, 0.717) is 38.3 Å². The number of rotatable bonds is 7. The van der Waals surface area contributed by atoms with E-state index in [-0.39, 0.29) is 23.5 Å². The minimum Gasteiger partial charge on any atom is -0.495 e. The van der Waals surface area contributed by atoms with Crippen LogP contribution < -0.4 is 14.4 Å². The highest BCUT2D eigenvalue weighted by atomic mass is 32.2. The molecule has 0 aliphatic carbocycles. The van der Waals surface area contributed by atoms with Gasteiger partial charge < -0.3 is 19.3 Å². The van der Waals surface area contributed by atoms with Gasteiger partial charge in [-0.3, -0.25) is 4.79 Å². The van der Waals surface area contributed by atoms with Gasteiger partial charge in [0.1, 0.15) is 5.75 Å². The zero-order valence-electron chi connectivity index (χ0n) is 18.2. The van der Waals surface area contributed by atoms with Crippen LogP contribution in [-0.2, 0) is 14.8 Å². The number of nitrogens with zero attached hydrogens (tertiary/aromatic N) is 2.